The average Bonchev–Trinajstić information content (AvgIpc) is 3.97. The number of hydrogen-bond donors (Lipinski definition) is 3. The largest absolute Gasteiger partial charge is 0.474 e. The summed E-state index contributed by atoms with van der Waals surface area (Å²) in [6, 6.07) is 15.6. The highest BCUT2D eigenvalue weighted by atomic mass is 32.2. The van der Waals surface area contributed by atoms with Crippen LogP contribution >= 0.6 is 23.1 Å². The van der Waals surface area contributed by atoms with Gasteiger partial charge in [-0.3, -0.25) is 24.2 Å². The number of ether oxygens (including phenoxy) is 1. The maximum atomic E-state index is 14.4. The lowest BCUT2D eigenvalue weighted by molar-refractivity contribution is -0.133. The van der Waals surface area contributed by atoms with Crippen LogP contribution in [0.25, 0.3) is 0 Å². The second-order valence-electron chi connectivity index (χ2n) is 14.0. The molecule has 1 unspecified atom stereocenters. The van der Waals surface area contributed by atoms with Gasteiger partial charge in [-0.25, -0.2) is 9.98 Å². The fraction of sp³-hybridized carbons (Fsp3) is 0.447. The quantitative estimate of drug-likeness (QED) is 0.360. The second kappa shape index (κ2) is 15.6. The van der Waals surface area contributed by atoms with Gasteiger partial charge in [-0.05, 0) is 43.2 Å². The zero-order valence-corrected chi connectivity index (χ0v) is 31.0. The summed E-state index contributed by atoms with van der Waals surface area (Å²) in [6.45, 7) is 6.28. The zero-order chi connectivity index (χ0) is 36.4. The zero-order valence-electron chi connectivity index (χ0n) is 29.4. The molecular formula is C38H43N7O5S2. The number of carbonyl (C=O) groups is 4. The second-order valence-corrected chi connectivity index (χ2v) is 15.9. The lowest BCUT2D eigenvalue weighted by Crippen LogP contribution is -2.52. The maximum absolute atomic E-state index is 14.4. The number of fused-ring (bicyclic) bond motifs is 6. The molecule has 6 bridgehead atoms. The Morgan fingerprint density at radius 3 is 2.27 bits per heavy atom. The molecule has 14 heteroatoms. The van der Waals surface area contributed by atoms with Crippen molar-refractivity contribution in [3.8, 4) is 0 Å². The van der Waals surface area contributed by atoms with E-state index in [-0.39, 0.29) is 35.8 Å². The topological polar surface area (TPSA) is 154 Å². The van der Waals surface area contributed by atoms with E-state index < -0.39 is 48.3 Å². The Hall–Kier alpha value is -4.56. The van der Waals surface area contributed by atoms with E-state index in [1.54, 1.807) is 17.2 Å². The number of aliphatic imine (C=N–C) groups is 2. The Morgan fingerprint density at radius 2 is 1.58 bits per heavy atom. The third-order valence-electron chi connectivity index (χ3n) is 9.85. The fourth-order valence-electron chi connectivity index (χ4n) is 7.05. The molecule has 0 radical (unpaired) electrons. The Labute approximate surface area is 311 Å². The molecule has 2 aromatic carbocycles. The highest BCUT2D eigenvalue weighted by Crippen LogP contribution is 2.29. The standard InChI is InChI=1S/C38H43N7O5S2/c1-21(2)30-37-42-28(20-52-37)32(46)39-25(17-23-11-6-4-7-12-23)36-41-27(19-51-36)33(47)40-26(18-24-13-8-5-9-14-24)38(49)45-16-10-15-29(45)35-44-31(22(3)50-35)34(48)43-30/h4-9,11-14,19,21-22,25-26,28-31H,10,15-18,20H2,1-3H3,(H,39,46)(H,40,47)(H,43,48)/t22-,25+,26+,28?,29+,30-,31+/m1/s1. The summed E-state index contributed by atoms with van der Waals surface area (Å²) < 4.78 is 6.20. The van der Waals surface area contributed by atoms with Crippen molar-refractivity contribution >= 4 is 57.7 Å². The SMILES string of the molecule is CC(C)[C@H]1NC(=O)[C@H]2N=C(O[C@@H]2C)[C@@H]2CCCN2C(=O)[C@H](Cc2ccccc2)NC(=O)c2csc(n2)[C@H](Cc2ccccc2)NC(=O)C2CSC1=N2. The molecule has 7 atom stereocenters. The number of nitrogens with zero attached hydrogens (tertiary/aromatic N) is 4. The van der Waals surface area contributed by atoms with Gasteiger partial charge in [0.15, 0.2) is 6.04 Å². The van der Waals surface area contributed by atoms with E-state index in [0.29, 0.717) is 41.1 Å². The third-order valence-corrected chi connectivity index (χ3v) is 11.9. The molecule has 5 heterocycles. The van der Waals surface area contributed by atoms with Crippen molar-refractivity contribution in [1.29, 1.82) is 0 Å². The van der Waals surface area contributed by atoms with E-state index in [0.717, 1.165) is 17.5 Å². The molecule has 0 saturated carbocycles. The minimum absolute atomic E-state index is 0.00574. The molecule has 7 rings (SSSR count). The maximum Gasteiger partial charge on any atom is 0.271 e. The number of benzene rings is 2. The van der Waals surface area contributed by atoms with E-state index in [1.165, 1.54) is 23.1 Å². The first-order chi connectivity index (χ1) is 25.1. The van der Waals surface area contributed by atoms with E-state index in [1.807, 2.05) is 74.5 Å². The van der Waals surface area contributed by atoms with Crippen LogP contribution in [-0.4, -0.2) is 93.1 Å². The van der Waals surface area contributed by atoms with Gasteiger partial charge >= 0.3 is 0 Å². The summed E-state index contributed by atoms with van der Waals surface area (Å²) in [5.74, 6) is -0.510. The van der Waals surface area contributed by atoms with Crippen LogP contribution in [0.1, 0.15) is 66.3 Å². The Balaban J connectivity index is 1.26. The highest BCUT2D eigenvalue weighted by molar-refractivity contribution is 8.14. The normalized spacial score (nSPS) is 28.2. The summed E-state index contributed by atoms with van der Waals surface area (Å²) in [5.41, 5.74) is 2.06. The number of thiazole rings is 1. The Kier molecular flexibility index (Phi) is 10.7. The van der Waals surface area contributed by atoms with Gasteiger partial charge in [-0.1, -0.05) is 74.5 Å². The molecule has 0 aliphatic carbocycles. The molecule has 3 N–H and O–H groups in total. The van der Waals surface area contributed by atoms with E-state index in [9.17, 15) is 19.2 Å². The summed E-state index contributed by atoms with van der Waals surface area (Å²) >= 11 is 2.75. The Morgan fingerprint density at radius 1 is 0.885 bits per heavy atom. The molecule has 12 nitrogen and oxygen atoms in total. The molecule has 4 aliphatic rings. The van der Waals surface area contributed by atoms with Crippen LogP contribution in [0.4, 0.5) is 0 Å². The van der Waals surface area contributed by atoms with Gasteiger partial charge < -0.3 is 25.6 Å². The van der Waals surface area contributed by atoms with Gasteiger partial charge in [-0.2, -0.15) is 0 Å². The van der Waals surface area contributed by atoms with Crippen LogP contribution in [0.2, 0.25) is 0 Å². The minimum Gasteiger partial charge on any atom is -0.474 e. The smallest absolute Gasteiger partial charge is 0.271 e. The van der Waals surface area contributed by atoms with Crippen LogP contribution in [0.15, 0.2) is 76.0 Å². The van der Waals surface area contributed by atoms with E-state index >= 15 is 0 Å². The van der Waals surface area contributed by atoms with E-state index in [4.69, 9.17) is 19.7 Å². The van der Waals surface area contributed by atoms with E-state index in [2.05, 4.69) is 16.0 Å². The number of amides is 4. The lowest BCUT2D eigenvalue weighted by Gasteiger charge is -2.29. The number of thioether (sulfide) groups is 1. The first-order valence-electron chi connectivity index (χ1n) is 17.8. The van der Waals surface area contributed by atoms with Crippen LogP contribution in [0.5, 0.6) is 0 Å². The van der Waals surface area contributed by atoms with Crippen molar-refractivity contribution < 1.29 is 23.9 Å². The predicted octanol–water partition coefficient (Wildman–Crippen LogP) is 3.73. The lowest BCUT2D eigenvalue weighted by atomic mass is 10.0. The van der Waals surface area contributed by atoms with Crippen molar-refractivity contribution in [2.75, 3.05) is 12.3 Å². The van der Waals surface area contributed by atoms with Gasteiger partial charge in [0, 0.05) is 24.1 Å². The molecule has 0 spiro atoms. The number of rotatable bonds is 5. The predicted molar refractivity (Wildman–Crippen MR) is 201 cm³/mol. The third kappa shape index (κ3) is 7.77. The molecule has 272 valence electrons. The average molecular weight is 742 g/mol. The fourth-order valence-corrected chi connectivity index (χ4v) is 9.17. The summed E-state index contributed by atoms with van der Waals surface area (Å²) in [4.78, 5) is 71.9. The molecular weight excluding hydrogens is 699 g/mol. The number of carbonyl (C=O) groups excluding carboxylic acids is 4. The van der Waals surface area contributed by atoms with Crippen molar-refractivity contribution in [2.24, 2.45) is 15.9 Å². The first-order valence-corrected chi connectivity index (χ1v) is 19.7. The van der Waals surface area contributed by atoms with Gasteiger partial charge in [-0.15, -0.1) is 23.1 Å². The number of aromatic nitrogens is 1. The number of hydrogen-bond acceptors (Lipinski definition) is 10. The highest BCUT2D eigenvalue weighted by Gasteiger charge is 2.44. The summed E-state index contributed by atoms with van der Waals surface area (Å²) in [7, 11) is 0. The van der Waals surface area contributed by atoms with Crippen LogP contribution in [0.3, 0.4) is 0 Å². The number of nitrogens with one attached hydrogen (secondary N) is 3. The molecule has 1 fully saturated rings. The summed E-state index contributed by atoms with van der Waals surface area (Å²) in [5, 5.41) is 12.2. The Bertz CT molecular complexity index is 1870. The van der Waals surface area contributed by atoms with Crippen molar-refractivity contribution in [2.45, 2.75) is 88.8 Å². The van der Waals surface area contributed by atoms with Crippen molar-refractivity contribution in [3.63, 3.8) is 0 Å². The van der Waals surface area contributed by atoms with Gasteiger partial charge in [0.25, 0.3) is 5.91 Å². The van der Waals surface area contributed by atoms with Crippen molar-refractivity contribution in [1.82, 2.24) is 25.8 Å². The molecule has 4 amide bonds. The summed E-state index contributed by atoms with van der Waals surface area (Å²) in [6.07, 6.45) is 1.53. The van der Waals surface area contributed by atoms with Crippen LogP contribution in [-0.2, 0) is 32.0 Å². The van der Waals surface area contributed by atoms with Gasteiger partial charge in [0.1, 0.15) is 34.9 Å². The molecule has 1 aromatic heterocycles. The van der Waals surface area contributed by atoms with Crippen LogP contribution in [0, 0.1) is 5.92 Å². The minimum atomic E-state index is -0.897. The molecule has 52 heavy (non-hydrogen) atoms. The van der Waals surface area contributed by atoms with Crippen LogP contribution < -0.4 is 16.0 Å². The first kappa shape index (κ1) is 35.8. The molecule has 1 saturated heterocycles. The molecule has 4 aliphatic heterocycles. The molecule has 3 aromatic rings. The monoisotopic (exact) mass is 741 g/mol. The van der Waals surface area contributed by atoms with Gasteiger partial charge in [0.05, 0.1) is 17.1 Å². The van der Waals surface area contributed by atoms with Gasteiger partial charge in [0.2, 0.25) is 23.6 Å². The van der Waals surface area contributed by atoms with Crippen molar-refractivity contribution in [3.05, 3.63) is 87.9 Å².